The Morgan fingerprint density at radius 1 is 1.10 bits per heavy atom. The number of nitrogens with zero attached hydrogens (tertiary/aromatic N) is 1. The first kappa shape index (κ1) is 13.0. The minimum atomic E-state index is -3.64. The van der Waals surface area contributed by atoms with E-state index >= 15 is 0 Å². The van der Waals surface area contributed by atoms with Crippen LogP contribution in [0.15, 0.2) is 36.4 Å². The van der Waals surface area contributed by atoms with Crippen molar-refractivity contribution >= 4 is 17.1 Å². The van der Waals surface area contributed by atoms with Crippen molar-refractivity contribution in [1.82, 2.24) is 0 Å². The summed E-state index contributed by atoms with van der Waals surface area (Å²) in [4.78, 5) is 0. The molecule has 0 fully saturated rings. The highest BCUT2D eigenvalue weighted by Gasteiger charge is 2.43. The molecule has 0 saturated carbocycles. The molecule has 106 valence electrons. The highest BCUT2D eigenvalue weighted by Crippen LogP contribution is 2.42. The standard InChI is InChI=1S/C14H9F2N3O2/c15-14(16)20-12-4-2-9(6-13(12)21-14)19-11-3-1-8(7-17)5-10(11)18/h1-6,19H,18H2. The lowest BCUT2D eigenvalue weighted by Gasteiger charge is -2.10. The number of ether oxygens (including phenoxy) is 2. The molecule has 0 saturated heterocycles. The molecule has 2 aromatic carbocycles. The van der Waals surface area contributed by atoms with Crippen molar-refractivity contribution < 1.29 is 18.3 Å². The van der Waals surface area contributed by atoms with Crippen LogP contribution in [0.4, 0.5) is 25.8 Å². The van der Waals surface area contributed by atoms with Gasteiger partial charge in [-0.25, -0.2) is 0 Å². The molecule has 3 rings (SSSR count). The zero-order chi connectivity index (χ0) is 15.0. The summed E-state index contributed by atoms with van der Waals surface area (Å²) in [7, 11) is 0. The number of hydrogen-bond acceptors (Lipinski definition) is 5. The van der Waals surface area contributed by atoms with Gasteiger partial charge in [0.2, 0.25) is 0 Å². The highest BCUT2D eigenvalue weighted by atomic mass is 19.3. The van der Waals surface area contributed by atoms with E-state index in [9.17, 15) is 8.78 Å². The number of nitriles is 1. The van der Waals surface area contributed by atoms with Crippen LogP contribution in [0.1, 0.15) is 5.56 Å². The van der Waals surface area contributed by atoms with E-state index in [-0.39, 0.29) is 11.5 Å². The molecule has 0 bridgehead atoms. The molecule has 0 aliphatic carbocycles. The molecular weight excluding hydrogens is 280 g/mol. The van der Waals surface area contributed by atoms with Gasteiger partial charge in [-0.2, -0.15) is 5.26 Å². The van der Waals surface area contributed by atoms with Crippen LogP contribution < -0.4 is 20.5 Å². The molecule has 3 N–H and O–H groups in total. The van der Waals surface area contributed by atoms with Gasteiger partial charge in [-0.1, -0.05) is 0 Å². The molecule has 1 aliphatic heterocycles. The average Bonchev–Trinajstić information content (AvgIpc) is 2.74. The van der Waals surface area contributed by atoms with Crippen LogP contribution in [-0.2, 0) is 0 Å². The molecule has 7 heteroatoms. The van der Waals surface area contributed by atoms with Gasteiger partial charge in [0.15, 0.2) is 11.5 Å². The summed E-state index contributed by atoms with van der Waals surface area (Å²) in [5.74, 6) is -0.0874. The third kappa shape index (κ3) is 2.51. The number of rotatable bonds is 2. The monoisotopic (exact) mass is 289 g/mol. The summed E-state index contributed by atoms with van der Waals surface area (Å²) in [5.41, 5.74) is 7.68. The van der Waals surface area contributed by atoms with E-state index in [0.717, 1.165) is 0 Å². The van der Waals surface area contributed by atoms with Crippen LogP contribution in [0.25, 0.3) is 0 Å². The van der Waals surface area contributed by atoms with Gasteiger partial charge in [-0.15, -0.1) is 8.78 Å². The number of nitrogens with one attached hydrogen (secondary N) is 1. The number of nitrogens with two attached hydrogens (primary N) is 1. The minimum absolute atomic E-state index is 0.0293. The Bertz CT molecular complexity index is 756. The molecule has 5 nitrogen and oxygen atoms in total. The fourth-order valence-corrected chi connectivity index (χ4v) is 1.93. The molecule has 0 spiro atoms. The smallest absolute Gasteiger partial charge is 0.397 e. The van der Waals surface area contributed by atoms with Crippen LogP contribution in [0.3, 0.4) is 0 Å². The first-order valence-corrected chi connectivity index (χ1v) is 5.93. The van der Waals surface area contributed by atoms with Gasteiger partial charge < -0.3 is 20.5 Å². The second-order valence-corrected chi connectivity index (χ2v) is 4.37. The maximum absolute atomic E-state index is 12.9. The number of fused-ring (bicyclic) bond motifs is 1. The SMILES string of the molecule is N#Cc1ccc(Nc2ccc3c(c2)OC(F)(F)O3)c(N)c1. The van der Waals surface area contributed by atoms with Crippen LogP contribution in [0, 0.1) is 11.3 Å². The summed E-state index contributed by atoms with van der Waals surface area (Å²) in [6.07, 6.45) is -3.64. The lowest BCUT2D eigenvalue weighted by atomic mass is 10.2. The van der Waals surface area contributed by atoms with E-state index < -0.39 is 6.29 Å². The third-order valence-electron chi connectivity index (χ3n) is 2.86. The van der Waals surface area contributed by atoms with Crippen molar-refractivity contribution in [3.63, 3.8) is 0 Å². The summed E-state index contributed by atoms with van der Waals surface area (Å²) >= 11 is 0. The molecule has 1 aliphatic rings. The number of anilines is 3. The largest absolute Gasteiger partial charge is 0.586 e. The Labute approximate surface area is 118 Å². The second kappa shape index (κ2) is 4.52. The van der Waals surface area contributed by atoms with Gasteiger partial charge in [0, 0.05) is 11.8 Å². The Morgan fingerprint density at radius 2 is 1.86 bits per heavy atom. The zero-order valence-corrected chi connectivity index (χ0v) is 10.6. The summed E-state index contributed by atoms with van der Waals surface area (Å²) < 4.78 is 34.5. The Balaban J connectivity index is 1.86. The predicted octanol–water partition coefficient (Wildman–Crippen LogP) is 3.21. The summed E-state index contributed by atoms with van der Waals surface area (Å²) in [5, 5.41) is 11.7. The van der Waals surface area contributed by atoms with Crippen molar-refractivity contribution in [3.05, 3.63) is 42.0 Å². The molecule has 0 atom stereocenters. The summed E-state index contributed by atoms with van der Waals surface area (Å²) in [6.45, 7) is 0. The lowest BCUT2D eigenvalue weighted by molar-refractivity contribution is -0.286. The van der Waals surface area contributed by atoms with Gasteiger partial charge >= 0.3 is 6.29 Å². The Kier molecular flexibility index (Phi) is 2.80. The number of benzene rings is 2. The second-order valence-electron chi connectivity index (χ2n) is 4.37. The van der Waals surface area contributed by atoms with Gasteiger partial charge in [0.1, 0.15) is 0 Å². The molecular formula is C14H9F2N3O2. The third-order valence-corrected chi connectivity index (χ3v) is 2.86. The van der Waals surface area contributed by atoms with Crippen molar-refractivity contribution in [2.75, 3.05) is 11.1 Å². The van der Waals surface area contributed by atoms with Crippen LogP contribution in [-0.4, -0.2) is 6.29 Å². The normalized spacial score (nSPS) is 14.5. The van der Waals surface area contributed by atoms with Crippen LogP contribution in [0.2, 0.25) is 0 Å². The van der Waals surface area contributed by atoms with Gasteiger partial charge in [-0.3, -0.25) is 0 Å². The average molecular weight is 289 g/mol. The molecule has 0 amide bonds. The lowest BCUT2D eigenvalue weighted by Crippen LogP contribution is -2.25. The Morgan fingerprint density at radius 3 is 2.57 bits per heavy atom. The predicted molar refractivity (Wildman–Crippen MR) is 71.5 cm³/mol. The van der Waals surface area contributed by atoms with Gasteiger partial charge in [0.05, 0.1) is 23.0 Å². The van der Waals surface area contributed by atoms with E-state index in [1.807, 2.05) is 6.07 Å². The molecule has 21 heavy (non-hydrogen) atoms. The molecule has 1 heterocycles. The van der Waals surface area contributed by atoms with Crippen LogP contribution >= 0.6 is 0 Å². The summed E-state index contributed by atoms with van der Waals surface area (Å²) in [6, 6.07) is 11.0. The van der Waals surface area contributed by atoms with Crippen molar-refractivity contribution in [1.29, 1.82) is 5.26 Å². The first-order valence-electron chi connectivity index (χ1n) is 5.93. The number of alkyl halides is 2. The maximum Gasteiger partial charge on any atom is 0.586 e. The fraction of sp³-hybridized carbons (Fsp3) is 0.0714. The first-order chi connectivity index (χ1) is 9.97. The van der Waals surface area contributed by atoms with Crippen molar-refractivity contribution in [3.8, 4) is 17.6 Å². The quantitative estimate of drug-likeness (QED) is 0.830. The van der Waals surface area contributed by atoms with Crippen molar-refractivity contribution in [2.24, 2.45) is 0 Å². The Hall–Kier alpha value is -3.01. The van der Waals surface area contributed by atoms with E-state index in [1.165, 1.54) is 18.2 Å². The minimum Gasteiger partial charge on any atom is -0.397 e. The van der Waals surface area contributed by atoms with Gasteiger partial charge in [0.25, 0.3) is 0 Å². The molecule has 0 radical (unpaired) electrons. The van der Waals surface area contributed by atoms with E-state index in [1.54, 1.807) is 18.2 Å². The highest BCUT2D eigenvalue weighted by molar-refractivity contribution is 5.74. The molecule has 0 aromatic heterocycles. The van der Waals surface area contributed by atoms with Crippen molar-refractivity contribution in [2.45, 2.75) is 6.29 Å². The number of nitrogen functional groups attached to an aromatic ring is 1. The van der Waals surface area contributed by atoms with E-state index in [4.69, 9.17) is 11.0 Å². The van der Waals surface area contributed by atoms with Crippen LogP contribution in [0.5, 0.6) is 11.5 Å². The zero-order valence-electron chi connectivity index (χ0n) is 10.6. The van der Waals surface area contributed by atoms with Gasteiger partial charge in [-0.05, 0) is 30.3 Å². The molecule has 2 aromatic rings. The fourth-order valence-electron chi connectivity index (χ4n) is 1.93. The van der Waals surface area contributed by atoms with E-state index in [2.05, 4.69) is 14.8 Å². The molecule has 0 unspecified atom stereocenters. The van der Waals surface area contributed by atoms with E-state index in [0.29, 0.717) is 22.6 Å². The maximum atomic E-state index is 12.9. The number of halogens is 2. The number of hydrogen-bond donors (Lipinski definition) is 2. The topological polar surface area (TPSA) is 80.3 Å².